The van der Waals surface area contributed by atoms with Gasteiger partial charge in [-0.2, -0.15) is 0 Å². The number of nitrogens with one attached hydrogen (secondary N) is 1. The Kier molecular flexibility index (Phi) is 55.5. The zero-order valence-corrected chi connectivity index (χ0v) is 45.1. The molecule has 0 saturated heterocycles. The quantitative estimate of drug-likeness (QED) is 0.0321. The molecule has 0 aliphatic heterocycles. The minimum absolute atomic E-state index is 0.00272. The fourth-order valence-corrected chi connectivity index (χ4v) is 9.34. The van der Waals surface area contributed by atoms with Crippen molar-refractivity contribution in [2.75, 3.05) is 13.2 Å². The molecular formula is C61H117NO5. The fraction of sp³-hybridized carbons (Fsp3) is 0.902. The zero-order chi connectivity index (χ0) is 48.6. The Hall–Kier alpha value is -1.66. The maximum atomic E-state index is 12.5. The molecule has 6 heteroatoms. The molecule has 0 aromatic carbocycles. The number of hydrogen-bond acceptors (Lipinski definition) is 5. The Morgan fingerprint density at radius 3 is 1.06 bits per heavy atom. The highest BCUT2D eigenvalue weighted by Crippen LogP contribution is 2.17. The molecule has 3 N–H and O–H groups in total. The number of aliphatic hydroxyl groups is 2. The second-order valence-electron chi connectivity index (χ2n) is 20.7. The molecule has 0 saturated carbocycles. The molecule has 0 fully saturated rings. The van der Waals surface area contributed by atoms with Gasteiger partial charge >= 0.3 is 5.97 Å². The topological polar surface area (TPSA) is 95.9 Å². The van der Waals surface area contributed by atoms with E-state index >= 15 is 0 Å². The van der Waals surface area contributed by atoms with Crippen molar-refractivity contribution in [1.82, 2.24) is 5.32 Å². The smallest absolute Gasteiger partial charge is 0.305 e. The second-order valence-corrected chi connectivity index (χ2v) is 20.7. The first kappa shape index (κ1) is 65.3. The molecular weight excluding hydrogens is 827 g/mol. The van der Waals surface area contributed by atoms with Crippen LogP contribution < -0.4 is 5.32 Å². The third-order valence-corrected chi connectivity index (χ3v) is 14.0. The molecule has 1 amide bonds. The molecule has 396 valence electrons. The van der Waals surface area contributed by atoms with E-state index in [1.807, 2.05) is 6.08 Å². The van der Waals surface area contributed by atoms with Crippen molar-refractivity contribution in [2.24, 2.45) is 0 Å². The van der Waals surface area contributed by atoms with E-state index in [1.54, 1.807) is 6.08 Å². The average molecular weight is 945 g/mol. The minimum atomic E-state index is -0.855. The highest BCUT2D eigenvalue weighted by atomic mass is 16.5. The van der Waals surface area contributed by atoms with E-state index in [9.17, 15) is 19.8 Å². The lowest BCUT2D eigenvalue weighted by Gasteiger charge is -2.20. The van der Waals surface area contributed by atoms with E-state index < -0.39 is 12.1 Å². The summed E-state index contributed by atoms with van der Waals surface area (Å²) in [4.78, 5) is 24.5. The standard InChI is InChI=1S/C61H117NO5/c1-3-5-7-9-11-13-15-17-18-19-20-21-22-23-24-27-30-33-37-41-45-49-53-59(64)58(57-63)62-60(65)54-50-46-42-38-34-31-28-25-26-29-32-36-40-44-48-52-56-67-61(66)55-51-47-43-39-35-16-14-12-10-8-6-4-2/h25,28,49,53,58-59,63-64H,3-24,26-27,29-48,50-52,54-57H2,1-2H3,(H,62,65)/b28-25-,53-49+. The SMILES string of the molecule is CCCCCCCCCCCCCCCCCCCCCC/C=C/C(O)C(CO)NC(=O)CCCCCCC/C=C\CCCCCCCCCOC(=O)CCCCCCCCCCCCCC. The Morgan fingerprint density at radius 2 is 0.701 bits per heavy atom. The number of ether oxygens (including phenoxy) is 1. The van der Waals surface area contributed by atoms with Gasteiger partial charge in [0.05, 0.1) is 25.4 Å². The van der Waals surface area contributed by atoms with E-state index in [0.29, 0.717) is 19.4 Å². The first-order valence-corrected chi connectivity index (χ1v) is 30.1. The predicted octanol–water partition coefficient (Wildman–Crippen LogP) is 18.6. The van der Waals surface area contributed by atoms with Gasteiger partial charge in [0.2, 0.25) is 5.91 Å². The van der Waals surface area contributed by atoms with Crippen molar-refractivity contribution in [3.63, 3.8) is 0 Å². The van der Waals surface area contributed by atoms with Crippen LogP contribution in [-0.4, -0.2) is 47.4 Å². The molecule has 67 heavy (non-hydrogen) atoms. The van der Waals surface area contributed by atoms with Crippen LogP contribution in [0.2, 0.25) is 0 Å². The molecule has 0 aromatic rings. The summed E-state index contributed by atoms with van der Waals surface area (Å²) < 4.78 is 5.46. The van der Waals surface area contributed by atoms with Gasteiger partial charge in [0, 0.05) is 12.8 Å². The maximum Gasteiger partial charge on any atom is 0.305 e. The molecule has 0 spiro atoms. The largest absolute Gasteiger partial charge is 0.466 e. The summed E-state index contributed by atoms with van der Waals surface area (Å²) in [6.45, 7) is 4.90. The van der Waals surface area contributed by atoms with E-state index in [-0.39, 0.29) is 18.5 Å². The normalized spacial score (nSPS) is 12.7. The van der Waals surface area contributed by atoms with Gasteiger partial charge in [0.25, 0.3) is 0 Å². The van der Waals surface area contributed by atoms with E-state index in [2.05, 4.69) is 31.3 Å². The minimum Gasteiger partial charge on any atom is -0.466 e. The van der Waals surface area contributed by atoms with Crippen LogP contribution in [0.25, 0.3) is 0 Å². The van der Waals surface area contributed by atoms with Crippen molar-refractivity contribution in [2.45, 2.75) is 341 Å². The zero-order valence-electron chi connectivity index (χ0n) is 45.1. The summed E-state index contributed by atoms with van der Waals surface area (Å²) >= 11 is 0. The average Bonchev–Trinajstić information content (AvgIpc) is 3.33. The lowest BCUT2D eigenvalue weighted by Crippen LogP contribution is -2.45. The number of carbonyl (C=O) groups is 2. The van der Waals surface area contributed by atoms with Crippen molar-refractivity contribution < 1.29 is 24.5 Å². The number of allylic oxidation sites excluding steroid dienone is 3. The van der Waals surface area contributed by atoms with E-state index in [1.165, 1.54) is 238 Å². The predicted molar refractivity (Wildman–Crippen MR) is 292 cm³/mol. The van der Waals surface area contributed by atoms with Gasteiger partial charge in [0.15, 0.2) is 0 Å². The summed E-state index contributed by atoms with van der Waals surface area (Å²) in [7, 11) is 0. The highest BCUT2D eigenvalue weighted by Gasteiger charge is 2.18. The van der Waals surface area contributed by atoms with Crippen LogP contribution in [0.3, 0.4) is 0 Å². The monoisotopic (exact) mass is 944 g/mol. The van der Waals surface area contributed by atoms with Gasteiger partial charge in [-0.05, 0) is 57.8 Å². The Balaban J connectivity index is 3.50. The molecule has 0 aromatic heterocycles. The van der Waals surface area contributed by atoms with Crippen molar-refractivity contribution >= 4 is 11.9 Å². The van der Waals surface area contributed by atoms with Gasteiger partial charge < -0.3 is 20.3 Å². The number of hydrogen-bond donors (Lipinski definition) is 3. The second kappa shape index (κ2) is 56.9. The van der Waals surface area contributed by atoms with Crippen molar-refractivity contribution in [3.8, 4) is 0 Å². The molecule has 2 atom stereocenters. The van der Waals surface area contributed by atoms with Crippen LogP contribution in [0.1, 0.15) is 328 Å². The summed E-state index contributed by atoms with van der Waals surface area (Å²) in [5, 5.41) is 23.2. The summed E-state index contributed by atoms with van der Waals surface area (Å²) in [6, 6.07) is -0.640. The van der Waals surface area contributed by atoms with Gasteiger partial charge in [-0.25, -0.2) is 0 Å². The van der Waals surface area contributed by atoms with Gasteiger partial charge in [-0.15, -0.1) is 0 Å². The highest BCUT2D eigenvalue weighted by molar-refractivity contribution is 5.76. The van der Waals surface area contributed by atoms with Crippen LogP contribution in [0.4, 0.5) is 0 Å². The molecule has 6 nitrogen and oxygen atoms in total. The van der Waals surface area contributed by atoms with Crippen LogP contribution in [0.5, 0.6) is 0 Å². The Bertz CT molecular complexity index is 1040. The lowest BCUT2D eigenvalue weighted by atomic mass is 10.0. The molecule has 0 aliphatic carbocycles. The molecule has 0 aliphatic rings. The van der Waals surface area contributed by atoms with E-state index in [4.69, 9.17) is 4.74 Å². The third-order valence-electron chi connectivity index (χ3n) is 14.0. The van der Waals surface area contributed by atoms with Gasteiger partial charge in [-0.1, -0.05) is 282 Å². The Morgan fingerprint density at radius 1 is 0.403 bits per heavy atom. The van der Waals surface area contributed by atoms with Crippen LogP contribution in [0.15, 0.2) is 24.3 Å². The molecule has 0 bridgehead atoms. The molecule has 0 radical (unpaired) electrons. The Labute approximate surface area is 418 Å². The number of unbranched alkanes of at least 4 members (excludes halogenated alkanes) is 43. The fourth-order valence-electron chi connectivity index (χ4n) is 9.34. The lowest BCUT2D eigenvalue weighted by molar-refractivity contribution is -0.143. The van der Waals surface area contributed by atoms with Crippen LogP contribution in [0, 0.1) is 0 Å². The third kappa shape index (κ3) is 53.5. The van der Waals surface area contributed by atoms with Crippen LogP contribution >= 0.6 is 0 Å². The number of rotatable bonds is 56. The summed E-state index contributed by atoms with van der Waals surface area (Å²) in [5.74, 6) is -0.0848. The van der Waals surface area contributed by atoms with Gasteiger partial charge in [-0.3, -0.25) is 9.59 Å². The van der Waals surface area contributed by atoms with Crippen molar-refractivity contribution in [3.05, 3.63) is 24.3 Å². The summed E-state index contributed by atoms with van der Waals surface area (Å²) in [6.07, 6.45) is 69.2. The number of amides is 1. The maximum absolute atomic E-state index is 12.5. The molecule has 0 heterocycles. The molecule has 2 unspecified atom stereocenters. The van der Waals surface area contributed by atoms with E-state index in [0.717, 1.165) is 64.2 Å². The number of aliphatic hydroxyl groups excluding tert-OH is 2. The van der Waals surface area contributed by atoms with Crippen LogP contribution in [-0.2, 0) is 14.3 Å². The number of esters is 1. The first-order chi connectivity index (χ1) is 33.0. The van der Waals surface area contributed by atoms with Crippen molar-refractivity contribution in [1.29, 1.82) is 0 Å². The van der Waals surface area contributed by atoms with Gasteiger partial charge in [0.1, 0.15) is 0 Å². The first-order valence-electron chi connectivity index (χ1n) is 30.1. The molecule has 0 rings (SSSR count). The number of carbonyl (C=O) groups excluding carboxylic acids is 2. The summed E-state index contributed by atoms with van der Waals surface area (Å²) in [5.41, 5.74) is 0.